The average Bonchev–Trinajstić information content (AvgIpc) is 2.68. The Hall–Kier alpha value is -3.12. The molecule has 144 valence electrons. The first-order valence-electron chi connectivity index (χ1n) is 8.87. The predicted molar refractivity (Wildman–Crippen MR) is 111 cm³/mol. The lowest BCUT2D eigenvalue weighted by atomic mass is 10.1. The number of sulfonamides is 1. The molecule has 6 heteroatoms. The standard InChI is InChI=1S/C22H22N2O3S/c1-16-9-11-20(12-10-16)24-28(26,27)21-8-4-7-19(14-21)22(25)23-15-18-6-3-5-17(2)13-18/h3-14,24H,15H2,1-2H3,(H,23,25). The van der Waals surface area contributed by atoms with Crippen LogP contribution >= 0.6 is 0 Å². The summed E-state index contributed by atoms with van der Waals surface area (Å²) in [6, 6.07) is 20.9. The van der Waals surface area contributed by atoms with Gasteiger partial charge in [0.25, 0.3) is 15.9 Å². The topological polar surface area (TPSA) is 75.3 Å². The summed E-state index contributed by atoms with van der Waals surface area (Å²) in [5, 5.41) is 2.82. The van der Waals surface area contributed by atoms with Crippen LogP contribution in [0.5, 0.6) is 0 Å². The van der Waals surface area contributed by atoms with Crippen LogP contribution in [0.25, 0.3) is 0 Å². The summed E-state index contributed by atoms with van der Waals surface area (Å²) in [4.78, 5) is 12.5. The normalized spacial score (nSPS) is 11.1. The Kier molecular flexibility index (Phi) is 5.80. The van der Waals surface area contributed by atoms with Crippen LogP contribution < -0.4 is 10.0 Å². The quantitative estimate of drug-likeness (QED) is 0.663. The molecule has 0 aliphatic carbocycles. The minimum atomic E-state index is -3.78. The van der Waals surface area contributed by atoms with Crippen molar-refractivity contribution in [2.75, 3.05) is 4.72 Å². The van der Waals surface area contributed by atoms with E-state index in [1.807, 2.05) is 50.2 Å². The molecule has 2 N–H and O–H groups in total. The fraction of sp³-hybridized carbons (Fsp3) is 0.136. The lowest BCUT2D eigenvalue weighted by molar-refractivity contribution is 0.0950. The number of rotatable bonds is 6. The molecule has 1 amide bonds. The van der Waals surface area contributed by atoms with Crippen LogP contribution in [0.2, 0.25) is 0 Å². The third-order valence-electron chi connectivity index (χ3n) is 4.25. The number of carbonyl (C=O) groups excluding carboxylic acids is 1. The molecule has 0 spiro atoms. The maximum atomic E-state index is 12.6. The zero-order valence-electron chi connectivity index (χ0n) is 15.8. The van der Waals surface area contributed by atoms with Gasteiger partial charge in [-0.3, -0.25) is 9.52 Å². The number of hydrogen-bond acceptors (Lipinski definition) is 3. The lowest BCUT2D eigenvalue weighted by Crippen LogP contribution is -2.23. The summed E-state index contributed by atoms with van der Waals surface area (Å²) in [5.74, 6) is -0.325. The Morgan fingerprint density at radius 2 is 1.57 bits per heavy atom. The Morgan fingerprint density at radius 3 is 2.29 bits per heavy atom. The Balaban J connectivity index is 1.73. The van der Waals surface area contributed by atoms with Gasteiger partial charge in [-0.1, -0.05) is 53.6 Å². The molecule has 0 unspecified atom stereocenters. The number of carbonyl (C=O) groups is 1. The van der Waals surface area contributed by atoms with Crippen molar-refractivity contribution < 1.29 is 13.2 Å². The number of benzene rings is 3. The molecule has 0 saturated carbocycles. The van der Waals surface area contributed by atoms with Crippen LogP contribution in [0.4, 0.5) is 5.69 Å². The number of nitrogens with one attached hydrogen (secondary N) is 2. The minimum Gasteiger partial charge on any atom is -0.348 e. The number of aryl methyl sites for hydroxylation is 2. The van der Waals surface area contributed by atoms with Crippen LogP contribution in [-0.2, 0) is 16.6 Å². The summed E-state index contributed by atoms with van der Waals surface area (Å²) in [6.45, 7) is 4.29. The van der Waals surface area contributed by atoms with Crippen molar-refractivity contribution in [1.29, 1.82) is 0 Å². The van der Waals surface area contributed by atoms with Crippen molar-refractivity contribution in [3.8, 4) is 0 Å². The molecule has 0 aromatic heterocycles. The van der Waals surface area contributed by atoms with E-state index in [9.17, 15) is 13.2 Å². The van der Waals surface area contributed by atoms with Crippen molar-refractivity contribution in [3.05, 3.63) is 95.1 Å². The first-order chi connectivity index (χ1) is 13.3. The first kappa shape index (κ1) is 19.6. The molecule has 3 aromatic rings. The lowest BCUT2D eigenvalue weighted by Gasteiger charge is -2.10. The number of amides is 1. The smallest absolute Gasteiger partial charge is 0.261 e. The Bertz CT molecular complexity index is 1090. The van der Waals surface area contributed by atoms with Crippen LogP contribution in [-0.4, -0.2) is 14.3 Å². The second kappa shape index (κ2) is 8.27. The van der Waals surface area contributed by atoms with Crippen molar-refractivity contribution in [2.24, 2.45) is 0 Å². The Morgan fingerprint density at radius 1 is 0.857 bits per heavy atom. The van der Waals surface area contributed by atoms with E-state index < -0.39 is 10.0 Å². The van der Waals surface area contributed by atoms with Gasteiger partial charge in [-0.15, -0.1) is 0 Å². The van der Waals surface area contributed by atoms with Gasteiger partial charge in [-0.25, -0.2) is 8.42 Å². The molecule has 5 nitrogen and oxygen atoms in total. The minimum absolute atomic E-state index is 0.0382. The Labute approximate surface area is 165 Å². The number of hydrogen-bond donors (Lipinski definition) is 2. The SMILES string of the molecule is Cc1ccc(NS(=O)(=O)c2cccc(C(=O)NCc3cccc(C)c3)c2)cc1. The van der Waals surface area contributed by atoms with Gasteiger partial charge in [0.05, 0.1) is 4.90 Å². The van der Waals surface area contributed by atoms with Gasteiger partial charge < -0.3 is 5.32 Å². The molecule has 0 fully saturated rings. The third kappa shape index (κ3) is 4.98. The summed E-state index contributed by atoms with van der Waals surface area (Å²) >= 11 is 0. The molecule has 0 radical (unpaired) electrons. The van der Waals surface area contributed by atoms with E-state index in [0.717, 1.165) is 16.7 Å². The number of anilines is 1. The molecule has 0 heterocycles. The van der Waals surface area contributed by atoms with Crippen molar-refractivity contribution >= 4 is 21.6 Å². The molecule has 0 saturated heterocycles. The molecule has 28 heavy (non-hydrogen) atoms. The fourth-order valence-corrected chi connectivity index (χ4v) is 3.85. The fourth-order valence-electron chi connectivity index (χ4n) is 2.75. The summed E-state index contributed by atoms with van der Waals surface area (Å²) in [7, 11) is -3.78. The van der Waals surface area contributed by atoms with Crippen molar-refractivity contribution in [3.63, 3.8) is 0 Å². The summed E-state index contributed by atoms with van der Waals surface area (Å²) in [5.41, 5.74) is 3.90. The highest BCUT2D eigenvalue weighted by molar-refractivity contribution is 7.92. The monoisotopic (exact) mass is 394 g/mol. The summed E-state index contributed by atoms with van der Waals surface area (Å²) in [6.07, 6.45) is 0. The third-order valence-corrected chi connectivity index (χ3v) is 5.62. The molecule has 0 aliphatic heterocycles. The molecular formula is C22H22N2O3S. The van der Waals surface area contributed by atoms with E-state index in [1.165, 1.54) is 12.1 Å². The second-order valence-corrected chi connectivity index (χ2v) is 8.35. The zero-order chi connectivity index (χ0) is 20.1. The molecule has 0 bridgehead atoms. The molecule has 0 aliphatic rings. The molecular weight excluding hydrogens is 372 g/mol. The maximum Gasteiger partial charge on any atom is 0.261 e. The van der Waals surface area contributed by atoms with E-state index in [2.05, 4.69) is 10.0 Å². The van der Waals surface area contributed by atoms with Gasteiger partial charge >= 0.3 is 0 Å². The van der Waals surface area contributed by atoms with Gasteiger partial charge in [0, 0.05) is 17.8 Å². The highest BCUT2D eigenvalue weighted by Gasteiger charge is 2.16. The predicted octanol–water partition coefficient (Wildman–Crippen LogP) is 4.03. The van der Waals surface area contributed by atoms with Gasteiger partial charge in [-0.05, 0) is 49.7 Å². The van der Waals surface area contributed by atoms with Crippen LogP contribution in [0.15, 0.2) is 77.7 Å². The molecule has 3 aromatic carbocycles. The van der Waals surface area contributed by atoms with E-state index >= 15 is 0 Å². The van der Waals surface area contributed by atoms with E-state index in [1.54, 1.807) is 24.3 Å². The van der Waals surface area contributed by atoms with Gasteiger partial charge in [0.2, 0.25) is 0 Å². The van der Waals surface area contributed by atoms with Gasteiger partial charge in [-0.2, -0.15) is 0 Å². The van der Waals surface area contributed by atoms with Gasteiger partial charge in [0.15, 0.2) is 0 Å². The average molecular weight is 394 g/mol. The highest BCUT2D eigenvalue weighted by atomic mass is 32.2. The van der Waals surface area contributed by atoms with E-state index in [4.69, 9.17) is 0 Å². The first-order valence-corrected chi connectivity index (χ1v) is 10.4. The molecule has 0 atom stereocenters. The van der Waals surface area contributed by atoms with Crippen LogP contribution in [0.3, 0.4) is 0 Å². The highest BCUT2D eigenvalue weighted by Crippen LogP contribution is 2.18. The van der Waals surface area contributed by atoms with Gasteiger partial charge in [0.1, 0.15) is 0 Å². The van der Waals surface area contributed by atoms with Crippen molar-refractivity contribution in [2.45, 2.75) is 25.3 Å². The van der Waals surface area contributed by atoms with Crippen LogP contribution in [0, 0.1) is 13.8 Å². The molecule has 3 rings (SSSR count). The zero-order valence-corrected chi connectivity index (χ0v) is 16.6. The van der Waals surface area contributed by atoms with Crippen LogP contribution in [0.1, 0.15) is 27.0 Å². The van der Waals surface area contributed by atoms with Crippen molar-refractivity contribution in [1.82, 2.24) is 5.32 Å². The van der Waals surface area contributed by atoms with E-state index in [-0.39, 0.29) is 10.8 Å². The second-order valence-electron chi connectivity index (χ2n) is 6.67. The van der Waals surface area contributed by atoms with E-state index in [0.29, 0.717) is 17.8 Å². The largest absolute Gasteiger partial charge is 0.348 e. The summed E-state index contributed by atoms with van der Waals surface area (Å²) < 4.78 is 27.8. The maximum absolute atomic E-state index is 12.6.